The Morgan fingerprint density at radius 3 is 2.39 bits per heavy atom. The van der Waals surface area contributed by atoms with Crippen LogP contribution in [-0.2, 0) is 19.6 Å². The highest BCUT2D eigenvalue weighted by molar-refractivity contribution is 7.89. The zero-order valence-corrected chi connectivity index (χ0v) is 12.0. The summed E-state index contributed by atoms with van der Waals surface area (Å²) in [5.74, 6) is -0.465. The Kier molecular flexibility index (Phi) is 6.08. The van der Waals surface area contributed by atoms with Crippen LogP contribution >= 0.6 is 0 Å². The van der Waals surface area contributed by atoms with E-state index in [0.29, 0.717) is 25.8 Å². The van der Waals surface area contributed by atoms with Gasteiger partial charge in [0.1, 0.15) is 6.54 Å². The Labute approximate surface area is 110 Å². The van der Waals surface area contributed by atoms with Crippen LogP contribution in [0.25, 0.3) is 0 Å². The second-order valence-corrected chi connectivity index (χ2v) is 6.80. The summed E-state index contributed by atoms with van der Waals surface area (Å²) in [7, 11) is -3.34. The molecular formula is C12H23NO4S. The first-order valence-corrected chi connectivity index (χ1v) is 8.17. The summed E-state index contributed by atoms with van der Waals surface area (Å²) in [4.78, 5) is 11.5. The van der Waals surface area contributed by atoms with Gasteiger partial charge in [0.15, 0.2) is 0 Å². The number of hydrogen-bond donors (Lipinski definition) is 0. The molecule has 0 aromatic carbocycles. The molecule has 5 nitrogen and oxygen atoms in total. The van der Waals surface area contributed by atoms with Gasteiger partial charge in [-0.3, -0.25) is 4.79 Å². The second-order valence-electron chi connectivity index (χ2n) is 4.59. The fraction of sp³-hybridized carbons (Fsp3) is 0.917. The Balaban J connectivity index is 2.73. The predicted octanol–water partition coefficient (Wildman–Crippen LogP) is 1.53. The lowest BCUT2D eigenvalue weighted by Crippen LogP contribution is -2.41. The highest BCUT2D eigenvalue weighted by Crippen LogP contribution is 2.27. The minimum Gasteiger partial charge on any atom is -0.465 e. The molecule has 1 aliphatic carbocycles. The first kappa shape index (κ1) is 15.4. The summed E-state index contributed by atoms with van der Waals surface area (Å²) in [6.45, 7) is 4.14. The van der Waals surface area contributed by atoms with Crippen molar-refractivity contribution < 1.29 is 17.9 Å². The summed E-state index contributed by atoms with van der Waals surface area (Å²) in [6.07, 6.45) is 4.05. The number of nitrogens with zero attached hydrogens (tertiary/aromatic N) is 1. The summed E-state index contributed by atoms with van der Waals surface area (Å²) >= 11 is 0. The minimum absolute atomic E-state index is 0.152. The van der Waals surface area contributed by atoms with Crippen LogP contribution in [0.1, 0.15) is 46.0 Å². The average Bonchev–Trinajstić information content (AvgIpc) is 2.82. The summed E-state index contributed by atoms with van der Waals surface area (Å²) < 4.78 is 30.9. The molecule has 0 amide bonds. The third-order valence-corrected chi connectivity index (χ3v) is 5.51. The standard InChI is InChI=1S/C12H23NO4S/c1-3-9-13(10-12(14)17-4-2)18(15,16)11-7-5-6-8-11/h11H,3-10H2,1-2H3. The van der Waals surface area contributed by atoms with Crippen molar-refractivity contribution in [2.45, 2.75) is 51.2 Å². The fourth-order valence-electron chi connectivity index (χ4n) is 2.29. The molecule has 0 aromatic rings. The van der Waals surface area contributed by atoms with Gasteiger partial charge >= 0.3 is 5.97 Å². The van der Waals surface area contributed by atoms with Gasteiger partial charge in [-0.05, 0) is 26.2 Å². The van der Waals surface area contributed by atoms with Crippen LogP contribution in [0, 0.1) is 0 Å². The lowest BCUT2D eigenvalue weighted by atomic mass is 10.4. The van der Waals surface area contributed by atoms with Crippen molar-refractivity contribution >= 4 is 16.0 Å². The maximum atomic E-state index is 12.4. The number of carbonyl (C=O) groups is 1. The van der Waals surface area contributed by atoms with Crippen molar-refractivity contribution in [1.29, 1.82) is 0 Å². The van der Waals surface area contributed by atoms with E-state index >= 15 is 0 Å². The van der Waals surface area contributed by atoms with Crippen molar-refractivity contribution in [2.24, 2.45) is 0 Å². The van der Waals surface area contributed by atoms with Crippen LogP contribution in [0.5, 0.6) is 0 Å². The number of ether oxygens (including phenoxy) is 1. The van der Waals surface area contributed by atoms with Gasteiger partial charge in [0, 0.05) is 6.54 Å². The Hall–Kier alpha value is -0.620. The second kappa shape index (κ2) is 7.09. The molecule has 0 N–H and O–H groups in total. The Morgan fingerprint density at radius 1 is 1.28 bits per heavy atom. The van der Waals surface area contributed by atoms with E-state index in [2.05, 4.69) is 0 Å². The van der Waals surface area contributed by atoms with Gasteiger partial charge in [0.2, 0.25) is 10.0 Å². The zero-order chi connectivity index (χ0) is 13.6. The van der Waals surface area contributed by atoms with E-state index in [1.54, 1.807) is 6.92 Å². The summed E-state index contributed by atoms with van der Waals surface area (Å²) in [5.41, 5.74) is 0. The Morgan fingerprint density at radius 2 is 1.89 bits per heavy atom. The van der Waals surface area contributed by atoms with Gasteiger partial charge in [0.25, 0.3) is 0 Å². The molecule has 0 aromatic heterocycles. The lowest BCUT2D eigenvalue weighted by molar-refractivity contribution is -0.143. The minimum atomic E-state index is -3.34. The molecule has 0 unspecified atom stereocenters. The van der Waals surface area contributed by atoms with E-state index in [0.717, 1.165) is 12.8 Å². The summed E-state index contributed by atoms with van der Waals surface area (Å²) in [5, 5.41) is -0.307. The predicted molar refractivity (Wildman–Crippen MR) is 69.7 cm³/mol. The zero-order valence-electron chi connectivity index (χ0n) is 11.2. The molecule has 6 heteroatoms. The Bertz CT molecular complexity index is 360. The number of sulfonamides is 1. The maximum Gasteiger partial charge on any atom is 0.321 e. The monoisotopic (exact) mass is 277 g/mol. The van der Waals surface area contributed by atoms with E-state index in [4.69, 9.17) is 4.74 Å². The van der Waals surface area contributed by atoms with Crippen LogP contribution in [0.4, 0.5) is 0 Å². The van der Waals surface area contributed by atoms with E-state index < -0.39 is 16.0 Å². The largest absolute Gasteiger partial charge is 0.465 e. The molecular weight excluding hydrogens is 254 g/mol. The molecule has 0 bridgehead atoms. The van der Waals surface area contributed by atoms with Gasteiger partial charge in [-0.15, -0.1) is 0 Å². The molecule has 18 heavy (non-hydrogen) atoms. The highest BCUT2D eigenvalue weighted by atomic mass is 32.2. The van der Waals surface area contributed by atoms with Crippen molar-refractivity contribution in [1.82, 2.24) is 4.31 Å². The van der Waals surface area contributed by atoms with Crippen molar-refractivity contribution in [3.63, 3.8) is 0 Å². The van der Waals surface area contributed by atoms with Gasteiger partial charge < -0.3 is 4.74 Å². The van der Waals surface area contributed by atoms with Crippen LogP contribution in [0.3, 0.4) is 0 Å². The highest BCUT2D eigenvalue weighted by Gasteiger charge is 2.34. The third kappa shape index (κ3) is 3.95. The van der Waals surface area contributed by atoms with E-state index in [1.165, 1.54) is 4.31 Å². The fourth-order valence-corrected chi connectivity index (χ4v) is 4.37. The van der Waals surface area contributed by atoms with Gasteiger partial charge in [-0.25, -0.2) is 8.42 Å². The van der Waals surface area contributed by atoms with E-state index in [-0.39, 0.29) is 18.4 Å². The average molecular weight is 277 g/mol. The number of hydrogen-bond acceptors (Lipinski definition) is 4. The van der Waals surface area contributed by atoms with Crippen LogP contribution in [-0.4, -0.2) is 43.6 Å². The smallest absolute Gasteiger partial charge is 0.321 e. The van der Waals surface area contributed by atoms with Crippen LogP contribution in [0.2, 0.25) is 0 Å². The lowest BCUT2D eigenvalue weighted by Gasteiger charge is -2.24. The van der Waals surface area contributed by atoms with Crippen LogP contribution < -0.4 is 0 Å². The molecule has 1 fully saturated rings. The van der Waals surface area contributed by atoms with Gasteiger partial charge in [-0.1, -0.05) is 19.8 Å². The molecule has 1 saturated carbocycles. The van der Waals surface area contributed by atoms with E-state index in [9.17, 15) is 13.2 Å². The number of carbonyl (C=O) groups excluding carboxylic acids is 1. The molecule has 106 valence electrons. The number of rotatable bonds is 7. The van der Waals surface area contributed by atoms with E-state index in [1.807, 2.05) is 6.92 Å². The molecule has 0 aliphatic heterocycles. The van der Waals surface area contributed by atoms with Crippen molar-refractivity contribution in [2.75, 3.05) is 19.7 Å². The molecule has 0 spiro atoms. The van der Waals surface area contributed by atoms with Crippen molar-refractivity contribution in [3.8, 4) is 0 Å². The molecule has 0 saturated heterocycles. The van der Waals surface area contributed by atoms with Crippen LogP contribution in [0.15, 0.2) is 0 Å². The first-order valence-electron chi connectivity index (χ1n) is 6.67. The molecule has 0 atom stereocenters. The first-order chi connectivity index (χ1) is 8.52. The van der Waals surface area contributed by atoms with Crippen molar-refractivity contribution in [3.05, 3.63) is 0 Å². The quantitative estimate of drug-likeness (QED) is 0.662. The van der Waals surface area contributed by atoms with Gasteiger partial charge in [-0.2, -0.15) is 4.31 Å². The SMILES string of the molecule is CCCN(CC(=O)OCC)S(=O)(=O)C1CCCC1. The summed E-state index contributed by atoms with van der Waals surface area (Å²) in [6, 6.07) is 0. The molecule has 0 heterocycles. The van der Waals surface area contributed by atoms with Gasteiger partial charge in [0.05, 0.1) is 11.9 Å². The third-order valence-electron chi connectivity index (χ3n) is 3.17. The number of esters is 1. The normalized spacial score (nSPS) is 17.3. The molecule has 0 radical (unpaired) electrons. The maximum absolute atomic E-state index is 12.4. The topological polar surface area (TPSA) is 63.7 Å². The molecule has 1 rings (SSSR count). The molecule has 1 aliphatic rings.